The maximum atomic E-state index is 5.85. The number of thiocarbonyl (C=S) groups is 1. The lowest BCUT2D eigenvalue weighted by Gasteiger charge is -2.37. The van der Waals surface area contributed by atoms with Gasteiger partial charge in [-0.3, -0.25) is 4.90 Å². The zero-order valence-corrected chi connectivity index (χ0v) is 21.3. The van der Waals surface area contributed by atoms with Gasteiger partial charge in [-0.25, -0.2) is 0 Å². The second-order valence-corrected chi connectivity index (χ2v) is 8.84. The highest BCUT2D eigenvalue weighted by molar-refractivity contribution is 7.80. The van der Waals surface area contributed by atoms with Gasteiger partial charge in [-0.1, -0.05) is 53.2 Å². The van der Waals surface area contributed by atoms with E-state index in [4.69, 9.17) is 31.2 Å². The molecule has 8 heteroatoms. The maximum absolute atomic E-state index is 5.85. The highest BCUT2D eigenvalue weighted by Gasteiger charge is 2.34. The molecular formula is C28H26N4O3S. The monoisotopic (exact) mass is 498 g/mol. The van der Waals surface area contributed by atoms with Crippen molar-refractivity contribution in [2.45, 2.75) is 19.9 Å². The quantitative estimate of drug-likeness (QED) is 0.328. The number of rotatable bonds is 6. The minimum atomic E-state index is -0.251. The number of allylic oxidation sites excluding steroid dienone is 1. The zero-order valence-electron chi connectivity index (χ0n) is 20.5. The van der Waals surface area contributed by atoms with Crippen molar-refractivity contribution in [3.05, 3.63) is 95.5 Å². The van der Waals surface area contributed by atoms with Crippen LogP contribution in [0, 0.1) is 6.92 Å². The molecular weight excluding hydrogens is 472 g/mol. The van der Waals surface area contributed by atoms with Crippen molar-refractivity contribution in [3.63, 3.8) is 0 Å². The van der Waals surface area contributed by atoms with E-state index in [1.807, 2.05) is 48.2 Å². The van der Waals surface area contributed by atoms with Crippen LogP contribution in [0.25, 0.3) is 17.0 Å². The first-order chi connectivity index (χ1) is 17.5. The van der Waals surface area contributed by atoms with Crippen molar-refractivity contribution in [3.8, 4) is 22.9 Å². The molecule has 0 spiro atoms. The van der Waals surface area contributed by atoms with Gasteiger partial charge in [-0.2, -0.15) is 4.98 Å². The molecule has 0 saturated heterocycles. The molecule has 2 heterocycles. The highest BCUT2D eigenvalue weighted by Crippen LogP contribution is 2.39. The van der Waals surface area contributed by atoms with Crippen molar-refractivity contribution in [2.75, 3.05) is 19.1 Å². The molecule has 0 amide bonds. The molecule has 1 aliphatic heterocycles. The van der Waals surface area contributed by atoms with Crippen LogP contribution in [-0.2, 0) is 0 Å². The molecule has 0 aliphatic carbocycles. The van der Waals surface area contributed by atoms with Crippen molar-refractivity contribution in [1.82, 2.24) is 15.5 Å². The Balaban J connectivity index is 1.63. The molecule has 4 aromatic rings. The molecule has 0 bridgehead atoms. The predicted octanol–water partition coefficient (Wildman–Crippen LogP) is 5.93. The average molecular weight is 499 g/mol. The normalized spacial score (nSPS) is 15.6. The Hall–Kier alpha value is -4.17. The Labute approximate surface area is 215 Å². The minimum absolute atomic E-state index is 0.251. The number of anilines is 1. The molecule has 3 aromatic carbocycles. The molecule has 1 atom stereocenters. The van der Waals surface area contributed by atoms with Crippen molar-refractivity contribution in [1.29, 1.82) is 0 Å². The van der Waals surface area contributed by atoms with Crippen LogP contribution in [0.1, 0.15) is 30.0 Å². The summed E-state index contributed by atoms with van der Waals surface area (Å²) < 4.78 is 16.6. The number of benzene rings is 3. The van der Waals surface area contributed by atoms with E-state index >= 15 is 0 Å². The van der Waals surface area contributed by atoms with Crippen molar-refractivity contribution in [2.24, 2.45) is 0 Å². The topological polar surface area (TPSA) is 72.7 Å². The van der Waals surface area contributed by atoms with Crippen LogP contribution < -0.4 is 19.7 Å². The lowest BCUT2D eigenvalue weighted by Crippen LogP contribution is -2.46. The van der Waals surface area contributed by atoms with Gasteiger partial charge < -0.3 is 19.3 Å². The second-order valence-electron chi connectivity index (χ2n) is 8.46. The smallest absolute Gasteiger partial charge is 0.258 e. The summed E-state index contributed by atoms with van der Waals surface area (Å²) in [6, 6.07) is 23.6. The minimum Gasteiger partial charge on any atom is -0.493 e. The molecule has 1 unspecified atom stereocenters. The van der Waals surface area contributed by atoms with Gasteiger partial charge in [0.25, 0.3) is 5.89 Å². The van der Waals surface area contributed by atoms with E-state index in [1.54, 1.807) is 14.2 Å². The van der Waals surface area contributed by atoms with E-state index < -0.39 is 0 Å². The van der Waals surface area contributed by atoms with E-state index in [-0.39, 0.29) is 6.04 Å². The standard InChI is InChI=1S/C28H26N4O3S/c1-17-10-13-21(14-11-17)32-18(2)24(25(29-28(32)36)19-8-6-5-7-9-19)27-30-26(31-35-27)20-12-15-22(33-3)23(16-20)34-4/h5-16,25H,1-4H3,(H,29,36). The predicted molar refractivity (Wildman–Crippen MR) is 144 cm³/mol. The number of nitrogens with zero attached hydrogens (tertiary/aromatic N) is 3. The van der Waals surface area contributed by atoms with Gasteiger partial charge in [-0.05, 0) is 62.0 Å². The van der Waals surface area contributed by atoms with E-state index in [2.05, 4.69) is 53.8 Å². The van der Waals surface area contributed by atoms with Crippen LogP contribution in [0.15, 0.2) is 83.0 Å². The van der Waals surface area contributed by atoms with Gasteiger partial charge in [0.2, 0.25) is 5.82 Å². The SMILES string of the molecule is COc1ccc(-c2noc(C3=C(C)N(c4ccc(C)cc4)C(=S)NC3c3ccccc3)n2)cc1OC. The summed E-state index contributed by atoms with van der Waals surface area (Å²) >= 11 is 5.82. The Morgan fingerprint density at radius 2 is 1.64 bits per heavy atom. The average Bonchev–Trinajstić information content (AvgIpc) is 3.39. The molecule has 1 N–H and O–H groups in total. The lowest BCUT2D eigenvalue weighted by atomic mass is 9.94. The zero-order chi connectivity index (χ0) is 25.2. The van der Waals surface area contributed by atoms with Gasteiger partial charge in [0.15, 0.2) is 16.6 Å². The fourth-order valence-corrected chi connectivity index (χ4v) is 4.71. The number of hydrogen-bond donors (Lipinski definition) is 1. The summed E-state index contributed by atoms with van der Waals surface area (Å²) in [6.45, 7) is 4.09. The molecule has 0 saturated carbocycles. The number of ether oxygens (including phenoxy) is 2. The number of aromatic nitrogens is 2. The summed E-state index contributed by atoms with van der Waals surface area (Å²) in [7, 11) is 3.20. The molecule has 1 aliphatic rings. The fourth-order valence-electron chi connectivity index (χ4n) is 4.35. The molecule has 36 heavy (non-hydrogen) atoms. The van der Waals surface area contributed by atoms with Crippen LogP contribution in [0.4, 0.5) is 5.69 Å². The molecule has 0 fully saturated rings. The Morgan fingerprint density at radius 3 is 2.33 bits per heavy atom. The molecule has 182 valence electrons. The van der Waals surface area contributed by atoms with Crippen molar-refractivity contribution < 1.29 is 14.0 Å². The summed E-state index contributed by atoms with van der Waals surface area (Å²) in [6.07, 6.45) is 0. The summed E-state index contributed by atoms with van der Waals surface area (Å²) in [5.41, 5.74) is 5.71. The van der Waals surface area contributed by atoms with E-state index in [1.165, 1.54) is 5.56 Å². The first-order valence-electron chi connectivity index (χ1n) is 11.5. The fraction of sp³-hybridized carbons (Fsp3) is 0.179. The van der Waals surface area contributed by atoms with Crippen LogP contribution in [-0.4, -0.2) is 29.5 Å². The third-order valence-electron chi connectivity index (χ3n) is 6.21. The number of aryl methyl sites for hydroxylation is 1. The lowest BCUT2D eigenvalue weighted by molar-refractivity contribution is 0.355. The Kier molecular flexibility index (Phi) is 6.43. The summed E-state index contributed by atoms with van der Waals surface area (Å²) in [5.74, 6) is 2.09. The summed E-state index contributed by atoms with van der Waals surface area (Å²) in [5, 5.41) is 8.39. The van der Waals surface area contributed by atoms with E-state index in [0.717, 1.165) is 28.1 Å². The number of nitrogens with one attached hydrogen (secondary N) is 1. The van der Waals surface area contributed by atoms with Gasteiger partial charge in [0.1, 0.15) is 0 Å². The van der Waals surface area contributed by atoms with Crippen LogP contribution in [0.5, 0.6) is 11.5 Å². The number of methoxy groups -OCH3 is 2. The molecule has 0 radical (unpaired) electrons. The molecule has 1 aromatic heterocycles. The maximum Gasteiger partial charge on any atom is 0.258 e. The van der Waals surface area contributed by atoms with Crippen LogP contribution in [0.3, 0.4) is 0 Å². The van der Waals surface area contributed by atoms with E-state index in [0.29, 0.717) is 28.3 Å². The Bertz CT molecular complexity index is 1430. The van der Waals surface area contributed by atoms with Gasteiger partial charge in [0, 0.05) is 16.9 Å². The third-order valence-corrected chi connectivity index (χ3v) is 6.51. The Morgan fingerprint density at radius 1 is 0.917 bits per heavy atom. The highest BCUT2D eigenvalue weighted by atomic mass is 32.1. The molecule has 5 rings (SSSR count). The summed E-state index contributed by atoms with van der Waals surface area (Å²) in [4.78, 5) is 6.79. The number of hydrogen-bond acceptors (Lipinski definition) is 6. The largest absolute Gasteiger partial charge is 0.493 e. The first kappa shape index (κ1) is 23.6. The van der Waals surface area contributed by atoms with E-state index in [9.17, 15) is 0 Å². The molecule has 7 nitrogen and oxygen atoms in total. The van der Waals surface area contributed by atoms with Crippen LogP contribution >= 0.6 is 12.2 Å². The van der Waals surface area contributed by atoms with Gasteiger partial charge in [-0.15, -0.1) is 0 Å². The second kappa shape index (κ2) is 9.83. The van der Waals surface area contributed by atoms with Crippen molar-refractivity contribution >= 4 is 28.6 Å². The van der Waals surface area contributed by atoms with Gasteiger partial charge >= 0.3 is 0 Å². The van der Waals surface area contributed by atoms with Gasteiger partial charge in [0.05, 0.1) is 25.8 Å². The van der Waals surface area contributed by atoms with Crippen LogP contribution in [0.2, 0.25) is 0 Å². The first-order valence-corrected chi connectivity index (χ1v) is 11.9. The third kappa shape index (κ3) is 4.31.